The summed E-state index contributed by atoms with van der Waals surface area (Å²) in [6, 6.07) is 14.0. The normalized spacial score (nSPS) is 10.5. The molecule has 3 rings (SSSR count). The molecule has 0 N–H and O–H groups in total. The molecule has 3 aromatic rings. The Labute approximate surface area is 120 Å². The summed E-state index contributed by atoms with van der Waals surface area (Å²) >= 11 is 0. The molecule has 4 heteroatoms. The van der Waals surface area contributed by atoms with Crippen LogP contribution in [0.4, 0.5) is 0 Å². The minimum Gasteiger partial charge on any atom is -0.457 e. The van der Waals surface area contributed by atoms with Crippen LogP contribution in [-0.4, -0.2) is 11.8 Å². The van der Waals surface area contributed by atoms with Gasteiger partial charge in [0.15, 0.2) is 5.78 Å². The molecule has 0 aliphatic rings. The van der Waals surface area contributed by atoms with Crippen molar-refractivity contribution in [2.75, 3.05) is 0 Å². The number of Topliss-reactive ketones (excluding diaryl/α,β-unsaturated/α-hetero) is 1. The number of ether oxygens (including phenoxy) is 1. The molecule has 0 aliphatic heterocycles. The number of ketones is 1. The van der Waals surface area contributed by atoms with Crippen molar-refractivity contribution in [2.24, 2.45) is 0 Å². The fourth-order valence-corrected chi connectivity index (χ4v) is 2.17. The molecule has 0 bridgehead atoms. The van der Waals surface area contributed by atoms with Crippen LogP contribution in [-0.2, 0) is 0 Å². The van der Waals surface area contributed by atoms with E-state index in [2.05, 4.69) is 0 Å². The van der Waals surface area contributed by atoms with E-state index in [0.717, 1.165) is 5.39 Å². The Kier molecular flexibility index (Phi) is 3.28. The summed E-state index contributed by atoms with van der Waals surface area (Å²) in [6.07, 6.45) is 1.39. The highest BCUT2D eigenvalue weighted by molar-refractivity contribution is 6.05. The lowest BCUT2D eigenvalue weighted by atomic mass is 10.0. The first-order valence-corrected chi connectivity index (χ1v) is 6.45. The third-order valence-electron chi connectivity index (χ3n) is 3.18. The van der Waals surface area contributed by atoms with Crippen LogP contribution in [0.1, 0.15) is 27.8 Å². The number of benzene rings is 2. The molecule has 0 spiro atoms. The van der Waals surface area contributed by atoms with Crippen LogP contribution in [0.2, 0.25) is 0 Å². The molecular weight excluding hydrogens is 268 g/mol. The third kappa shape index (κ3) is 2.43. The van der Waals surface area contributed by atoms with Crippen LogP contribution >= 0.6 is 0 Å². The molecule has 1 heterocycles. The first-order valence-electron chi connectivity index (χ1n) is 6.45. The average molecular weight is 280 g/mol. The summed E-state index contributed by atoms with van der Waals surface area (Å²) in [5.74, 6) is -0.429. The fraction of sp³-hybridized carbons (Fsp3) is 0.0588. The number of esters is 1. The van der Waals surface area contributed by atoms with Gasteiger partial charge in [-0.3, -0.25) is 4.79 Å². The maximum atomic E-state index is 12.1. The Morgan fingerprint density at radius 2 is 1.81 bits per heavy atom. The van der Waals surface area contributed by atoms with E-state index < -0.39 is 5.97 Å². The molecular formula is C17H12O4. The minimum atomic E-state index is -0.626. The summed E-state index contributed by atoms with van der Waals surface area (Å²) in [5, 5.41) is 1.61. The van der Waals surface area contributed by atoms with E-state index in [1.165, 1.54) is 19.3 Å². The summed E-state index contributed by atoms with van der Waals surface area (Å²) < 4.78 is 10.4. The third-order valence-corrected chi connectivity index (χ3v) is 3.18. The van der Waals surface area contributed by atoms with Crippen molar-refractivity contribution in [3.05, 3.63) is 66.1 Å². The SMILES string of the molecule is CC(=O)c1ccc2ccccc2c1OC(=O)c1ccco1. The zero-order chi connectivity index (χ0) is 14.8. The quantitative estimate of drug-likeness (QED) is 0.415. The van der Waals surface area contributed by atoms with Crippen molar-refractivity contribution in [3.63, 3.8) is 0 Å². The first-order chi connectivity index (χ1) is 10.2. The van der Waals surface area contributed by atoms with Crippen molar-refractivity contribution in [3.8, 4) is 5.75 Å². The molecule has 21 heavy (non-hydrogen) atoms. The lowest BCUT2D eigenvalue weighted by Gasteiger charge is -2.10. The Balaban J connectivity index is 2.12. The largest absolute Gasteiger partial charge is 0.457 e. The number of carbonyl (C=O) groups is 2. The molecule has 0 aliphatic carbocycles. The van der Waals surface area contributed by atoms with Gasteiger partial charge in [-0.1, -0.05) is 30.3 Å². The van der Waals surface area contributed by atoms with Crippen molar-refractivity contribution in [1.82, 2.24) is 0 Å². The summed E-state index contributed by atoms with van der Waals surface area (Å²) in [5.41, 5.74) is 0.369. The molecule has 4 nitrogen and oxygen atoms in total. The molecule has 1 aromatic heterocycles. The maximum absolute atomic E-state index is 12.1. The predicted molar refractivity (Wildman–Crippen MR) is 77.6 cm³/mol. The minimum absolute atomic E-state index is 0.0948. The molecule has 0 saturated heterocycles. The molecule has 104 valence electrons. The summed E-state index contributed by atoms with van der Waals surface area (Å²) in [7, 11) is 0. The summed E-state index contributed by atoms with van der Waals surface area (Å²) in [6.45, 7) is 1.44. The van der Waals surface area contributed by atoms with E-state index in [-0.39, 0.29) is 17.3 Å². The van der Waals surface area contributed by atoms with E-state index in [0.29, 0.717) is 10.9 Å². The van der Waals surface area contributed by atoms with Crippen LogP contribution in [0.25, 0.3) is 10.8 Å². The standard InChI is InChI=1S/C17H12O4/c1-11(18)13-9-8-12-5-2-3-6-14(12)16(13)21-17(19)15-7-4-10-20-15/h2-10H,1H3. The van der Waals surface area contributed by atoms with Crippen LogP contribution in [0.5, 0.6) is 5.75 Å². The van der Waals surface area contributed by atoms with E-state index in [1.807, 2.05) is 30.3 Å². The molecule has 0 radical (unpaired) electrons. The van der Waals surface area contributed by atoms with Gasteiger partial charge >= 0.3 is 5.97 Å². The van der Waals surface area contributed by atoms with Crippen LogP contribution in [0, 0.1) is 0 Å². The van der Waals surface area contributed by atoms with Gasteiger partial charge in [0.2, 0.25) is 5.76 Å². The molecule has 0 fully saturated rings. The van der Waals surface area contributed by atoms with Gasteiger partial charge in [0.25, 0.3) is 0 Å². The van der Waals surface area contributed by atoms with E-state index in [9.17, 15) is 9.59 Å². The number of hydrogen-bond acceptors (Lipinski definition) is 4. The highest BCUT2D eigenvalue weighted by Crippen LogP contribution is 2.31. The number of furan rings is 1. The van der Waals surface area contributed by atoms with Crippen molar-refractivity contribution >= 4 is 22.5 Å². The van der Waals surface area contributed by atoms with Gasteiger partial charge in [-0.05, 0) is 30.5 Å². The zero-order valence-electron chi connectivity index (χ0n) is 11.3. The van der Waals surface area contributed by atoms with Gasteiger partial charge in [-0.2, -0.15) is 0 Å². The van der Waals surface area contributed by atoms with Crippen LogP contribution in [0.15, 0.2) is 59.2 Å². The van der Waals surface area contributed by atoms with E-state index in [1.54, 1.807) is 12.1 Å². The number of hydrogen-bond donors (Lipinski definition) is 0. The van der Waals surface area contributed by atoms with Crippen molar-refractivity contribution in [2.45, 2.75) is 6.92 Å². The molecule has 2 aromatic carbocycles. The monoisotopic (exact) mass is 280 g/mol. The number of carbonyl (C=O) groups excluding carboxylic acids is 2. The van der Waals surface area contributed by atoms with E-state index >= 15 is 0 Å². The highest BCUT2D eigenvalue weighted by atomic mass is 16.5. The second-order valence-corrected chi connectivity index (χ2v) is 4.59. The average Bonchev–Trinajstić information content (AvgIpc) is 3.01. The first kappa shape index (κ1) is 13.1. The fourth-order valence-electron chi connectivity index (χ4n) is 2.17. The Morgan fingerprint density at radius 1 is 1.00 bits per heavy atom. The van der Waals surface area contributed by atoms with Gasteiger partial charge in [0.1, 0.15) is 5.75 Å². The maximum Gasteiger partial charge on any atom is 0.379 e. The Bertz CT molecular complexity index is 816. The Hall–Kier alpha value is -2.88. The Morgan fingerprint density at radius 3 is 2.52 bits per heavy atom. The zero-order valence-corrected chi connectivity index (χ0v) is 11.3. The lowest BCUT2D eigenvalue weighted by molar-refractivity contribution is 0.0702. The van der Waals surface area contributed by atoms with Gasteiger partial charge in [-0.25, -0.2) is 4.79 Å². The van der Waals surface area contributed by atoms with Gasteiger partial charge in [0.05, 0.1) is 11.8 Å². The van der Waals surface area contributed by atoms with E-state index in [4.69, 9.17) is 9.15 Å². The van der Waals surface area contributed by atoms with Gasteiger partial charge in [0, 0.05) is 5.39 Å². The predicted octanol–water partition coefficient (Wildman–Crippen LogP) is 3.85. The molecule has 0 unspecified atom stereocenters. The van der Waals surface area contributed by atoms with Crippen molar-refractivity contribution < 1.29 is 18.7 Å². The van der Waals surface area contributed by atoms with Gasteiger partial charge < -0.3 is 9.15 Å². The lowest BCUT2D eigenvalue weighted by Crippen LogP contribution is -2.10. The second kappa shape index (κ2) is 5.25. The molecule has 0 amide bonds. The van der Waals surface area contributed by atoms with Crippen molar-refractivity contribution in [1.29, 1.82) is 0 Å². The second-order valence-electron chi connectivity index (χ2n) is 4.59. The smallest absolute Gasteiger partial charge is 0.379 e. The van der Waals surface area contributed by atoms with Crippen LogP contribution < -0.4 is 4.74 Å². The summed E-state index contributed by atoms with van der Waals surface area (Å²) in [4.78, 5) is 23.8. The number of fused-ring (bicyclic) bond motifs is 1. The molecule has 0 saturated carbocycles. The highest BCUT2D eigenvalue weighted by Gasteiger charge is 2.18. The van der Waals surface area contributed by atoms with Crippen LogP contribution in [0.3, 0.4) is 0 Å². The number of rotatable bonds is 3. The topological polar surface area (TPSA) is 56.5 Å². The molecule has 0 atom stereocenters. The van der Waals surface area contributed by atoms with Gasteiger partial charge in [-0.15, -0.1) is 0 Å².